The minimum atomic E-state index is 0.573. The van der Waals surface area contributed by atoms with Crippen molar-refractivity contribution < 1.29 is 0 Å². The number of pyridine rings is 1. The van der Waals surface area contributed by atoms with Crippen molar-refractivity contribution in [2.75, 3.05) is 12.8 Å². The number of nitrogens with zero attached hydrogens (tertiary/aromatic N) is 2. The highest BCUT2D eigenvalue weighted by Crippen LogP contribution is 2.11. The maximum atomic E-state index is 5.54. The van der Waals surface area contributed by atoms with Crippen LogP contribution in [0.2, 0.25) is 0 Å². The number of hydrogen-bond donors (Lipinski definition) is 1. The fraction of sp³-hybridized carbons (Fsp3) is 0.250. The molecular formula is C12H15N3S. The fourth-order valence-corrected chi connectivity index (χ4v) is 2.25. The van der Waals surface area contributed by atoms with Crippen molar-refractivity contribution in [1.29, 1.82) is 0 Å². The van der Waals surface area contributed by atoms with Gasteiger partial charge in [0.05, 0.1) is 0 Å². The number of hydrogen-bond acceptors (Lipinski definition) is 4. The van der Waals surface area contributed by atoms with Crippen molar-refractivity contribution in [1.82, 2.24) is 9.88 Å². The first-order chi connectivity index (χ1) is 7.74. The summed E-state index contributed by atoms with van der Waals surface area (Å²) in [5.74, 6) is 0.573. The Hall–Kier alpha value is -1.39. The third-order valence-corrected chi connectivity index (χ3v) is 3.06. The van der Waals surface area contributed by atoms with Crippen molar-refractivity contribution >= 4 is 17.2 Å². The van der Waals surface area contributed by atoms with E-state index in [0.29, 0.717) is 5.82 Å². The average Bonchev–Trinajstić information content (AvgIpc) is 2.74. The van der Waals surface area contributed by atoms with E-state index in [4.69, 9.17) is 5.73 Å². The van der Waals surface area contributed by atoms with Gasteiger partial charge in [0.2, 0.25) is 0 Å². The molecule has 84 valence electrons. The second-order valence-corrected chi connectivity index (χ2v) is 4.68. The molecule has 3 nitrogen and oxygen atoms in total. The Labute approximate surface area is 99.5 Å². The lowest BCUT2D eigenvalue weighted by Crippen LogP contribution is -2.16. The normalized spacial score (nSPS) is 10.9. The van der Waals surface area contributed by atoms with Gasteiger partial charge in [-0.3, -0.25) is 4.90 Å². The quantitative estimate of drug-likeness (QED) is 0.881. The summed E-state index contributed by atoms with van der Waals surface area (Å²) >= 11 is 1.73. The van der Waals surface area contributed by atoms with E-state index in [2.05, 4.69) is 33.8 Å². The topological polar surface area (TPSA) is 42.1 Å². The van der Waals surface area contributed by atoms with Crippen molar-refractivity contribution in [3.05, 3.63) is 46.3 Å². The van der Waals surface area contributed by atoms with E-state index in [1.165, 1.54) is 11.1 Å². The predicted molar refractivity (Wildman–Crippen MR) is 68.1 cm³/mol. The highest BCUT2D eigenvalue weighted by atomic mass is 32.1. The van der Waals surface area contributed by atoms with Crippen LogP contribution in [0.25, 0.3) is 0 Å². The zero-order valence-corrected chi connectivity index (χ0v) is 10.1. The van der Waals surface area contributed by atoms with E-state index < -0.39 is 0 Å². The molecule has 0 fully saturated rings. The summed E-state index contributed by atoms with van der Waals surface area (Å²) < 4.78 is 0. The van der Waals surface area contributed by atoms with E-state index in [-0.39, 0.29) is 0 Å². The van der Waals surface area contributed by atoms with Crippen molar-refractivity contribution in [3.63, 3.8) is 0 Å². The lowest BCUT2D eigenvalue weighted by atomic mass is 10.2. The maximum absolute atomic E-state index is 5.54. The molecule has 0 aliphatic carbocycles. The van der Waals surface area contributed by atoms with Gasteiger partial charge in [-0.15, -0.1) is 0 Å². The van der Waals surface area contributed by atoms with E-state index >= 15 is 0 Å². The van der Waals surface area contributed by atoms with Crippen LogP contribution in [0.5, 0.6) is 0 Å². The molecule has 0 saturated heterocycles. The number of nitrogen functional groups attached to an aromatic ring is 1. The number of aromatic nitrogens is 1. The van der Waals surface area contributed by atoms with E-state index in [1.54, 1.807) is 11.3 Å². The molecule has 2 rings (SSSR count). The minimum Gasteiger partial charge on any atom is -0.384 e. The number of anilines is 1. The SMILES string of the molecule is CN(Cc1ccc(N)nc1)Cc1ccsc1. The molecule has 0 saturated carbocycles. The fourth-order valence-electron chi connectivity index (χ4n) is 1.59. The molecule has 0 unspecified atom stereocenters. The van der Waals surface area contributed by atoms with Crippen LogP contribution in [-0.2, 0) is 13.1 Å². The summed E-state index contributed by atoms with van der Waals surface area (Å²) in [6, 6.07) is 6.02. The van der Waals surface area contributed by atoms with Gasteiger partial charge in [-0.25, -0.2) is 4.98 Å². The third kappa shape index (κ3) is 3.05. The second-order valence-electron chi connectivity index (χ2n) is 3.90. The Bertz CT molecular complexity index is 422. The van der Waals surface area contributed by atoms with Crippen LogP contribution in [-0.4, -0.2) is 16.9 Å². The van der Waals surface area contributed by atoms with E-state index in [1.807, 2.05) is 18.3 Å². The van der Waals surface area contributed by atoms with Crippen LogP contribution in [0.3, 0.4) is 0 Å². The average molecular weight is 233 g/mol. The van der Waals surface area contributed by atoms with Crippen LogP contribution >= 0.6 is 11.3 Å². The van der Waals surface area contributed by atoms with Crippen molar-refractivity contribution in [2.24, 2.45) is 0 Å². The second kappa shape index (κ2) is 5.09. The molecule has 2 heterocycles. The lowest BCUT2D eigenvalue weighted by Gasteiger charge is -2.15. The van der Waals surface area contributed by atoms with Crippen LogP contribution in [0.4, 0.5) is 5.82 Å². The molecule has 16 heavy (non-hydrogen) atoms. The van der Waals surface area contributed by atoms with E-state index in [9.17, 15) is 0 Å². The van der Waals surface area contributed by atoms with Gasteiger partial charge < -0.3 is 5.73 Å². The zero-order chi connectivity index (χ0) is 11.4. The van der Waals surface area contributed by atoms with Crippen molar-refractivity contribution in [3.8, 4) is 0 Å². The summed E-state index contributed by atoms with van der Waals surface area (Å²) in [7, 11) is 2.11. The van der Waals surface area contributed by atoms with Gasteiger partial charge in [-0.2, -0.15) is 11.3 Å². The molecule has 2 aromatic heterocycles. The number of nitrogens with two attached hydrogens (primary N) is 1. The first-order valence-electron chi connectivity index (χ1n) is 5.14. The number of rotatable bonds is 4. The first-order valence-corrected chi connectivity index (χ1v) is 6.08. The summed E-state index contributed by atoms with van der Waals surface area (Å²) in [6.07, 6.45) is 1.83. The predicted octanol–water partition coefficient (Wildman–Crippen LogP) is 2.36. The smallest absolute Gasteiger partial charge is 0.123 e. The molecule has 0 bridgehead atoms. The molecule has 0 radical (unpaired) electrons. The van der Waals surface area contributed by atoms with Crippen LogP contribution < -0.4 is 5.73 Å². The Morgan fingerprint density at radius 3 is 2.69 bits per heavy atom. The summed E-state index contributed by atoms with van der Waals surface area (Å²) in [5, 5.41) is 4.28. The lowest BCUT2D eigenvalue weighted by molar-refractivity contribution is 0.319. The molecule has 0 aromatic carbocycles. The standard InChI is InChI=1S/C12H15N3S/c1-15(8-11-4-5-16-9-11)7-10-2-3-12(13)14-6-10/h2-6,9H,7-8H2,1H3,(H2,13,14). The Morgan fingerprint density at radius 2 is 2.06 bits per heavy atom. The number of thiophene rings is 1. The Morgan fingerprint density at radius 1 is 1.25 bits per heavy atom. The molecule has 4 heteroatoms. The molecule has 0 aliphatic rings. The van der Waals surface area contributed by atoms with Gasteiger partial charge in [0.25, 0.3) is 0 Å². The Kier molecular flexibility index (Phi) is 3.54. The summed E-state index contributed by atoms with van der Waals surface area (Å²) in [4.78, 5) is 6.34. The molecule has 0 spiro atoms. The van der Waals surface area contributed by atoms with Crippen LogP contribution in [0.15, 0.2) is 35.2 Å². The Balaban J connectivity index is 1.92. The van der Waals surface area contributed by atoms with E-state index in [0.717, 1.165) is 13.1 Å². The molecule has 0 amide bonds. The van der Waals surface area contributed by atoms with Crippen LogP contribution in [0.1, 0.15) is 11.1 Å². The monoisotopic (exact) mass is 233 g/mol. The van der Waals surface area contributed by atoms with Gasteiger partial charge in [0.15, 0.2) is 0 Å². The molecular weight excluding hydrogens is 218 g/mol. The highest BCUT2D eigenvalue weighted by molar-refractivity contribution is 7.07. The largest absolute Gasteiger partial charge is 0.384 e. The van der Waals surface area contributed by atoms with Gasteiger partial charge in [-0.05, 0) is 41.1 Å². The van der Waals surface area contributed by atoms with Gasteiger partial charge in [-0.1, -0.05) is 6.07 Å². The molecule has 0 aliphatic heterocycles. The zero-order valence-electron chi connectivity index (χ0n) is 9.26. The van der Waals surface area contributed by atoms with Gasteiger partial charge in [0, 0.05) is 19.3 Å². The first kappa shape index (κ1) is 11.1. The molecule has 2 aromatic rings. The highest BCUT2D eigenvalue weighted by Gasteiger charge is 2.02. The minimum absolute atomic E-state index is 0.573. The summed E-state index contributed by atoms with van der Waals surface area (Å²) in [6.45, 7) is 1.86. The molecule has 0 atom stereocenters. The maximum Gasteiger partial charge on any atom is 0.123 e. The van der Waals surface area contributed by atoms with Gasteiger partial charge >= 0.3 is 0 Å². The molecule has 2 N–H and O–H groups in total. The van der Waals surface area contributed by atoms with Crippen molar-refractivity contribution in [2.45, 2.75) is 13.1 Å². The van der Waals surface area contributed by atoms with Crippen LogP contribution in [0, 0.1) is 0 Å². The third-order valence-electron chi connectivity index (χ3n) is 2.33. The van der Waals surface area contributed by atoms with Gasteiger partial charge in [0.1, 0.15) is 5.82 Å². The summed E-state index contributed by atoms with van der Waals surface area (Å²) in [5.41, 5.74) is 8.09.